The molecule has 31 heavy (non-hydrogen) atoms. The van der Waals surface area contributed by atoms with Crippen LogP contribution in [0.15, 0.2) is 52.1 Å². The summed E-state index contributed by atoms with van der Waals surface area (Å²) in [5.74, 6) is -0.307. The van der Waals surface area contributed by atoms with Gasteiger partial charge in [-0.25, -0.2) is 9.36 Å². The lowest BCUT2D eigenvalue weighted by molar-refractivity contribution is -0.121. The van der Waals surface area contributed by atoms with Gasteiger partial charge in [-0.3, -0.25) is 14.2 Å². The van der Waals surface area contributed by atoms with E-state index in [1.807, 2.05) is 0 Å². The first-order valence-electron chi connectivity index (χ1n) is 10.1. The van der Waals surface area contributed by atoms with Crippen molar-refractivity contribution in [1.29, 1.82) is 0 Å². The minimum atomic E-state index is -0.628. The van der Waals surface area contributed by atoms with Crippen LogP contribution in [0.3, 0.4) is 0 Å². The van der Waals surface area contributed by atoms with Crippen LogP contribution in [0, 0.1) is 0 Å². The first-order valence-corrected chi connectivity index (χ1v) is 10.9. The van der Waals surface area contributed by atoms with Crippen molar-refractivity contribution in [3.63, 3.8) is 0 Å². The monoisotopic (exact) mass is 460 g/mol. The Kier molecular flexibility index (Phi) is 6.46. The Morgan fingerprint density at radius 3 is 2.48 bits per heavy atom. The number of rotatable bonds is 6. The van der Waals surface area contributed by atoms with Gasteiger partial charge in [-0.15, -0.1) is 0 Å². The van der Waals surface area contributed by atoms with E-state index in [0.717, 1.165) is 24.2 Å². The maximum absolute atomic E-state index is 13.3. The van der Waals surface area contributed by atoms with Crippen molar-refractivity contribution in [2.75, 3.05) is 26.2 Å². The molecular formula is C22H22Cl2N4O3. The molecule has 0 aliphatic carbocycles. The number of benzene rings is 2. The van der Waals surface area contributed by atoms with Gasteiger partial charge in [0.05, 0.1) is 16.6 Å². The van der Waals surface area contributed by atoms with Gasteiger partial charge in [0.2, 0.25) is 5.91 Å². The van der Waals surface area contributed by atoms with Crippen molar-refractivity contribution in [3.05, 3.63) is 73.3 Å². The van der Waals surface area contributed by atoms with Gasteiger partial charge < -0.3 is 10.2 Å². The van der Waals surface area contributed by atoms with Gasteiger partial charge in [0.15, 0.2) is 0 Å². The predicted octanol–water partition coefficient (Wildman–Crippen LogP) is 2.67. The Morgan fingerprint density at radius 2 is 1.74 bits per heavy atom. The van der Waals surface area contributed by atoms with E-state index in [2.05, 4.69) is 10.2 Å². The summed E-state index contributed by atoms with van der Waals surface area (Å²) in [6.07, 6.45) is 2.36. The number of nitrogens with one attached hydrogen (secondary N) is 1. The highest BCUT2D eigenvalue weighted by Crippen LogP contribution is 2.18. The second-order valence-electron chi connectivity index (χ2n) is 7.55. The Labute approximate surface area is 188 Å². The third kappa shape index (κ3) is 4.69. The van der Waals surface area contributed by atoms with E-state index in [9.17, 15) is 14.4 Å². The highest BCUT2D eigenvalue weighted by molar-refractivity contribution is 6.31. The van der Waals surface area contributed by atoms with Crippen LogP contribution in [0.25, 0.3) is 16.6 Å². The molecule has 9 heteroatoms. The number of fused-ring (bicyclic) bond motifs is 1. The van der Waals surface area contributed by atoms with Gasteiger partial charge in [0.25, 0.3) is 5.56 Å². The molecule has 1 aromatic heterocycles. The molecule has 1 fully saturated rings. The van der Waals surface area contributed by atoms with Crippen molar-refractivity contribution in [2.24, 2.45) is 0 Å². The summed E-state index contributed by atoms with van der Waals surface area (Å²) in [6, 6.07) is 11.1. The average molecular weight is 461 g/mol. The lowest BCUT2D eigenvalue weighted by Gasteiger charge is -2.16. The quantitative estimate of drug-likeness (QED) is 0.613. The van der Waals surface area contributed by atoms with Crippen LogP contribution in [0.2, 0.25) is 10.0 Å². The Bertz CT molecular complexity index is 1250. The Morgan fingerprint density at radius 1 is 1.00 bits per heavy atom. The molecule has 0 spiro atoms. The number of carbonyl (C=O) groups is 1. The summed E-state index contributed by atoms with van der Waals surface area (Å²) in [5, 5.41) is 3.92. The summed E-state index contributed by atoms with van der Waals surface area (Å²) in [6.45, 7) is 3.14. The maximum atomic E-state index is 13.3. The van der Waals surface area contributed by atoms with Crippen LogP contribution >= 0.6 is 23.2 Å². The fraction of sp³-hybridized carbons (Fsp3) is 0.318. The first kappa shape index (κ1) is 21.6. The molecule has 1 N–H and O–H groups in total. The molecule has 4 rings (SSSR count). The van der Waals surface area contributed by atoms with Gasteiger partial charge in [-0.1, -0.05) is 29.3 Å². The van der Waals surface area contributed by atoms with Gasteiger partial charge >= 0.3 is 5.69 Å². The van der Waals surface area contributed by atoms with Gasteiger partial charge in [-0.05, 0) is 62.3 Å². The number of hydrogen-bond donors (Lipinski definition) is 1. The molecule has 1 aliphatic heterocycles. The third-order valence-corrected chi connectivity index (χ3v) is 5.89. The normalized spacial score (nSPS) is 14.3. The summed E-state index contributed by atoms with van der Waals surface area (Å²) in [7, 11) is 0. The summed E-state index contributed by atoms with van der Waals surface area (Å²) < 4.78 is 2.30. The molecule has 0 radical (unpaired) electrons. The summed E-state index contributed by atoms with van der Waals surface area (Å²) in [5.41, 5.74) is -0.473. The number of carbonyl (C=O) groups excluding carboxylic acids is 1. The van der Waals surface area contributed by atoms with Gasteiger partial charge in [0, 0.05) is 23.1 Å². The second kappa shape index (κ2) is 9.26. The number of aromatic nitrogens is 2. The van der Waals surface area contributed by atoms with Crippen molar-refractivity contribution < 1.29 is 4.79 Å². The molecule has 1 aliphatic rings. The number of nitrogens with zero attached hydrogens (tertiary/aromatic N) is 3. The van der Waals surface area contributed by atoms with Crippen molar-refractivity contribution >= 4 is 40.0 Å². The van der Waals surface area contributed by atoms with Crippen LogP contribution in [-0.4, -0.2) is 46.1 Å². The SMILES string of the molecule is O=C(Cn1c(=O)n(-c2cccc(Cl)c2)c(=O)c2ccc(Cl)cc21)NCCN1CCCC1. The summed E-state index contributed by atoms with van der Waals surface area (Å²) >= 11 is 12.2. The van der Waals surface area contributed by atoms with Crippen LogP contribution in [0.1, 0.15) is 12.8 Å². The van der Waals surface area contributed by atoms with E-state index in [1.165, 1.54) is 29.5 Å². The van der Waals surface area contributed by atoms with Crippen molar-refractivity contribution in [3.8, 4) is 5.69 Å². The predicted molar refractivity (Wildman–Crippen MR) is 123 cm³/mol. The Hall–Kier alpha value is -2.61. The zero-order chi connectivity index (χ0) is 22.0. The Balaban J connectivity index is 1.71. The van der Waals surface area contributed by atoms with E-state index in [0.29, 0.717) is 27.8 Å². The van der Waals surface area contributed by atoms with Crippen molar-refractivity contribution in [2.45, 2.75) is 19.4 Å². The fourth-order valence-corrected chi connectivity index (χ4v) is 4.25. The standard InChI is InChI=1S/C22H22Cl2N4O3/c23-15-4-3-5-17(12-15)28-21(30)18-7-6-16(24)13-19(18)27(22(28)31)14-20(29)25-8-11-26-9-1-2-10-26/h3-7,12-13H,1-2,8-11,14H2,(H,25,29). The topological polar surface area (TPSA) is 76.3 Å². The lowest BCUT2D eigenvalue weighted by Crippen LogP contribution is -2.42. The van der Waals surface area contributed by atoms with E-state index < -0.39 is 11.2 Å². The molecule has 3 aromatic rings. The van der Waals surface area contributed by atoms with Crippen LogP contribution in [0.5, 0.6) is 0 Å². The molecule has 7 nitrogen and oxygen atoms in total. The molecule has 1 saturated heterocycles. The lowest BCUT2D eigenvalue weighted by atomic mass is 10.2. The second-order valence-corrected chi connectivity index (χ2v) is 8.42. The number of amides is 1. The molecule has 1 amide bonds. The zero-order valence-corrected chi connectivity index (χ0v) is 18.3. The van der Waals surface area contributed by atoms with E-state index >= 15 is 0 Å². The average Bonchev–Trinajstić information content (AvgIpc) is 3.25. The maximum Gasteiger partial charge on any atom is 0.336 e. The highest BCUT2D eigenvalue weighted by Gasteiger charge is 2.18. The first-order chi connectivity index (χ1) is 14.9. The molecule has 2 heterocycles. The van der Waals surface area contributed by atoms with Gasteiger partial charge in [-0.2, -0.15) is 0 Å². The minimum absolute atomic E-state index is 0.226. The minimum Gasteiger partial charge on any atom is -0.353 e. The number of likely N-dealkylation sites (tertiary alicyclic amines) is 1. The van der Waals surface area contributed by atoms with E-state index in [-0.39, 0.29) is 17.8 Å². The number of halogens is 2. The largest absolute Gasteiger partial charge is 0.353 e. The van der Waals surface area contributed by atoms with Crippen LogP contribution < -0.4 is 16.6 Å². The van der Waals surface area contributed by atoms with Crippen LogP contribution in [-0.2, 0) is 11.3 Å². The van der Waals surface area contributed by atoms with Gasteiger partial charge in [0.1, 0.15) is 6.54 Å². The van der Waals surface area contributed by atoms with Crippen molar-refractivity contribution in [1.82, 2.24) is 19.4 Å². The highest BCUT2D eigenvalue weighted by atomic mass is 35.5. The molecule has 0 atom stereocenters. The fourth-order valence-electron chi connectivity index (χ4n) is 3.89. The number of hydrogen-bond acceptors (Lipinski definition) is 4. The van der Waals surface area contributed by atoms with E-state index in [1.54, 1.807) is 30.3 Å². The zero-order valence-electron chi connectivity index (χ0n) is 16.8. The molecule has 2 aromatic carbocycles. The molecule has 0 unspecified atom stereocenters. The molecular weight excluding hydrogens is 439 g/mol. The molecule has 162 valence electrons. The smallest absolute Gasteiger partial charge is 0.336 e. The third-order valence-electron chi connectivity index (χ3n) is 5.42. The summed E-state index contributed by atoms with van der Waals surface area (Å²) in [4.78, 5) is 41.3. The molecule has 0 bridgehead atoms. The van der Waals surface area contributed by atoms with E-state index in [4.69, 9.17) is 23.2 Å². The van der Waals surface area contributed by atoms with Crippen LogP contribution in [0.4, 0.5) is 0 Å². The molecule has 0 saturated carbocycles.